The van der Waals surface area contributed by atoms with Crippen LogP contribution in [0.15, 0.2) is 30.6 Å². The molecule has 1 aromatic carbocycles. The lowest BCUT2D eigenvalue weighted by Gasteiger charge is -2.31. The Balaban J connectivity index is 2.23. The molecule has 0 unspecified atom stereocenters. The topological polar surface area (TPSA) is 88.5 Å². The Morgan fingerprint density at radius 3 is 2.42 bits per heavy atom. The molecule has 0 aliphatic rings. The predicted octanol–water partition coefficient (Wildman–Crippen LogP) is 3.67. The van der Waals surface area contributed by atoms with Crippen LogP contribution in [0.25, 0.3) is 16.9 Å². The number of aliphatic hydroxyl groups is 1. The van der Waals surface area contributed by atoms with Crippen LogP contribution in [0, 0.1) is 6.92 Å². The van der Waals surface area contributed by atoms with Gasteiger partial charge >= 0.3 is 12.4 Å². The first-order valence-electron chi connectivity index (χ1n) is 9.05. The molecule has 1 atom stereocenters. The molecule has 6 nitrogen and oxygen atoms in total. The molecule has 12 heteroatoms. The second kappa shape index (κ2) is 7.68. The van der Waals surface area contributed by atoms with Gasteiger partial charge in [-0.05, 0) is 37.7 Å². The van der Waals surface area contributed by atoms with Gasteiger partial charge in [-0.15, -0.1) is 0 Å². The second-order valence-electron chi connectivity index (χ2n) is 7.09. The summed E-state index contributed by atoms with van der Waals surface area (Å²) < 4.78 is 81.7. The van der Waals surface area contributed by atoms with E-state index in [2.05, 4.69) is 15.3 Å². The Morgan fingerprint density at radius 1 is 1.16 bits per heavy atom. The highest BCUT2D eigenvalue weighted by molar-refractivity contribution is 5.72. The van der Waals surface area contributed by atoms with Gasteiger partial charge in [0, 0.05) is 18.2 Å². The maximum atomic E-state index is 13.7. The summed E-state index contributed by atoms with van der Waals surface area (Å²) in [5, 5.41) is 13.1. The number of aryl methyl sites for hydroxylation is 1. The summed E-state index contributed by atoms with van der Waals surface area (Å²) in [5.41, 5.74) is 1.36. The Kier molecular flexibility index (Phi) is 5.65. The third-order valence-electron chi connectivity index (χ3n) is 5.01. The molecule has 2 heterocycles. The van der Waals surface area contributed by atoms with Crippen molar-refractivity contribution in [1.82, 2.24) is 19.7 Å². The van der Waals surface area contributed by atoms with E-state index in [9.17, 15) is 31.4 Å². The molecule has 0 spiro atoms. The minimum atomic E-state index is -4.98. The van der Waals surface area contributed by atoms with Gasteiger partial charge in [0.05, 0.1) is 11.9 Å². The molecule has 0 bridgehead atoms. The number of halogens is 6. The van der Waals surface area contributed by atoms with Crippen LogP contribution in [-0.2, 0) is 11.8 Å². The van der Waals surface area contributed by atoms with Crippen LogP contribution in [0.5, 0.6) is 0 Å². The molecule has 0 aliphatic carbocycles. The standard InChI is InChI=1S/C19H19F6N5O/c1-10-3-4-11(17(31,5-6-27-2)19(23,24)25)7-12(10)13-8-28-16-15(26)29-14(9-30(13)16)18(20,21)22/h3-4,7-9,27,31H,5-6H2,1-2H3,(H2,26,29)/t17-/m1/s1. The monoisotopic (exact) mass is 447 g/mol. The Labute approximate surface area is 172 Å². The fraction of sp³-hybridized carbons (Fsp3) is 0.368. The lowest BCUT2D eigenvalue weighted by Crippen LogP contribution is -2.44. The molecule has 3 rings (SSSR count). The number of nitrogens with one attached hydrogen (secondary N) is 1. The Hall–Kier alpha value is -2.86. The smallest absolute Gasteiger partial charge is 0.381 e. The first-order valence-corrected chi connectivity index (χ1v) is 9.05. The molecule has 0 saturated heterocycles. The number of alkyl halides is 6. The van der Waals surface area contributed by atoms with Gasteiger partial charge in [0.1, 0.15) is 0 Å². The van der Waals surface area contributed by atoms with Crippen LogP contribution >= 0.6 is 0 Å². The summed E-state index contributed by atoms with van der Waals surface area (Å²) in [6.45, 7) is 1.46. The quantitative estimate of drug-likeness (QED) is 0.520. The molecule has 0 saturated carbocycles. The van der Waals surface area contributed by atoms with Gasteiger partial charge in [-0.3, -0.25) is 4.40 Å². The molecule has 0 amide bonds. The van der Waals surface area contributed by atoms with Gasteiger partial charge in [0.2, 0.25) is 0 Å². The summed E-state index contributed by atoms with van der Waals surface area (Å²) in [6, 6.07) is 3.60. The number of aromatic nitrogens is 3. The van der Waals surface area contributed by atoms with Crippen LogP contribution in [0.2, 0.25) is 0 Å². The van der Waals surface area contributed by atoms with Crippen LogP contribution in [0.4, 0.5) is 32.2 Å². The molecular weight excluding hydrogens is 428 g/mol. The summed E-state index contributed by atoms with van der Waals surface area (Å²) in [5.74, 6) is -0.476. The van der Waals surface area contributed by atoms with E-state index in [-0.39, 0.29) is 23.4 Å². The number of hydrogen-bond acceptors (Lipinski definition) is 5. The molecule has 0 radical (unpaired) electrons. The van der Waals surface area contributed by atoms with E-state index in [1.165, 1.54) is 19.3 Å². The van der Waals surface area contributed by atoms with Crippen LogP contribution in [0.1, 0.15) is 23.2 Å². The highest BCUT2D eigenvalue weighted by atomic mass is 19.4. The van der Waals surface area contributed by atoms with Crippen molar-refractivity contribution in [2.75, 3.05) is 19.3 Å². The summed E-state index contributed by atoms with van der Waals surface area (Å²) >= 11 is 0. The van der Waals surface area contributed by atoms with E-state index in [0.717, 1.165) is 16.5 Å². The van der Waals surface area contributed by atoms with Crippen molar-refractivity contribution < 1.29 is 31.4 Å². The van der Waals surface area contributed by atoms with Crippen molar-refractivity contribution >= 4 is 11.5 Å². The molecule has 168 valence electrons. The van der Waals surface area contributed by atoms with Crippen molar-refractivity contribution in [3.8, 4) is 11.3 Å². The zero-order valence-electron chi connectivity index (χ0n) is 16.4. The van der Waals surface area contributed by atoms with Crippen molar-refractivity contribution in [3.63, 3.8) is 0 Å². The molecule has 2 aromatic heterocycles. The minimum absolute atomic E-state index is 0.0749. The highest BCUT2D eigenvalue weighted by Gasteiger charge is 2.54. The maximum absolute atomic E-state index is 13.7. The number of nitrogens with zero attached hydrogens (tertiary/aromatic N) is 3. The molecule has 4 N–H and O–H groups in total. The van der Waals surface area contributed by atoms with Crippen molar-refractivity contribution in [1.29, 1.82) is 0 Å². The predicted molar refractivity (Wildman–Crippen MR) is 101 cm³/mol. The van der Waals surface area contributed by atoms with E-state index < -0.39 is 41.4 Å². The van der Waals surface area contributed by atoms with Gasteiger partial charge < -0.3 is 16.2 Å². The van der Waals surface area contributed by atoms with E-state index >= 15 is 0 Å². The minimum Gasteiger partial charge on any atom is -0.381 e. The number of fused-ring (bicyclic) bond motifs is 1. The number of rotatable bonds is 5. The molecular formula is C19H19F6N5O. The number of nitrogens with two attached hydrogens (primary N) is 1. The molecule has 31 heavy (non-hydrogen) atoms. The summed E-state index contributed by atoms with van der Waals surface area (Å²) in [4.78, 5) is 7.26. The van der Waals surface area contributed by atoms with E-state index in [1.807, 2.05) is 0 Å². The van der Waals surface area contributed by atoms with Gasteiger partial charge in [-0.2, -0.15) is 26.3 Å². The van der Waals surface area contributed by atoms with Crippen LogP contribution in [-0.4, -0.2) is 39.2 Å². The summed E-state index contributed by atoms with van der Waals surface area (Å²) in [6.07, 6.45) is -8.55. The Morgan fingerprint density at radius 2 is 1.84 bits per heavy atom. The number of benzene rings is 1. The third kappa shape index (κ3) is 4.04. The lowest BCUT2D eigenvalue weighted by atomic mass is 9.87. The van der Waals surface area contributed by atoms with Crippen molar-refractivity contribution in [3.05, 3.63) is 47.4 Å². The van der Waals surface area contributed by atoms with E-state index in [4.69, 9.17) is 5.73 Å². The summed E-state index contributed by atoms with van der Waals surface area (Å²) in [7, 11) is 1.45. The van der Waals surface area contributed by atoms with Crippen LogP contribution in [0.3, 0.4) is 0 Å². The largest absolute Gasteiger partial charge is 0.434 e. The number of nitrogen functional groups attached to an aromatic ring is 1. The zero-order chi connectivity index (χ0) is 23.2. The van der Waals surface area contributed by atoms with Gasteiger partial charge in [-0.1, -0.05) is 12.1 Å². The van der Waals surface area contributed by atoms with Gasteiger partial charge in [-0.25, -0.2) is 9.97 Å². The number of imidazole rings is 1. The SMILES string of the molecule is CNCC[C@@](O)(c1ccc(C)c(-c2cnc3c(N)nc(C(F)(F)F)cn23)c1)C(F)(F)F. The van der Waals surface area contributed by atoms with Crippen molar-refractivity contribution in [2.24, 2.45) is 0 Å². The van der Waals surface area contributed by atoms with E-state index in [0.29, 0.717) is 11.8 Å². The van der Waals surface area contributed by atoms with Crippen molar-refractivity contribution in [2.45, 2.75) is 31.3 Å². The number of hydrogen-bond donors (Lipinski definition) is 3. The second-order valence-corrected chi connectivity index (χ2v) is 7.09. The third-order valence-corrected chi connectivity index (χ3v) is 5.01. The lowest BCUT2D eigenvalue weighted by molar-refractivity contribution is -0.268. The fourth-order valence-electron chi connectivity index (χ4n) is 3.26. The first-order chi connectivity index (χ1) is 14.3. The van der Waals surface area contributed by atoms with Crippen LogP contribution < -0.4 is 11.1 Å². The number of anilines is 1. The fourth-order valence-corrected chi connectivity index (χ4v) is 3.26. The van der Waals surface area contributed by atoms with E-state index in [1.54, 1.807) is 6.92 Å². The molecule has 0 fully saturated rings. The normalized spacial score (nSPS) is 14.7. The van der Waals surface area contributed by atoms with Gasteiger partial charge in [0.25, 0.3) is 0 Å². The maximum Gasteiger partial charge on any atom is 0.434 e. The first kappa shape index (κ1) is 22.8. The van der Waals surface area contributed by atoms with Gasteiger partial charge in [0.15, 0.2) is 22.8 Å². The Bertz CT molecular complexity index is 1110. The zero-order valence-corrected chi connectivity index (χ0v) is 16.4. The average Bonchev–Trinajstić information content (AvgIpc) is 3.09. The highest BCUT2D eigenvalue weighted by Crippen LogP contribution is 2.43. The molecule has 0 aliphatic heterocycles. The average molecular weight is 447 g/mol. The molecule has 3 aromatic rings.